The van der Waals surface area contributed by atoms with E-state index in [1.807, 2.05) is 0 Å². The predicted octanol–water partition coefficient (Wildman–Crippen LogP) is 0.299. The summed E-state index contributed by atoms with van der Waals surface area (Å²) in [6.07, 6.45) is 6.10. The Balaban J connectivity index is 2.84. The molecule has 1 amide bonds. The van der Waals surface area contributed by atoms with Gasteiger partial charge < -0.3 is 5.32 Å². The molecule has 1 aromatic heterocycles. The Kier molecular flexibility index (Phi) is 4.35. The van der Waals surface area contributed by atoms with Crippen molar-refractivity contribution in [3.05, 3.63) is 26.9 Å². The minimum absolute atomic E-state index is 0.0908. The van der Waals surface area contributed by atoms with Crippen LogP contribution in [-0.4, -0.2) is 22.0 Å². The van der Waals surface area contributed by atoms with Gasteiger partial charge >= 0.3 is 0 Å². The number of carbonyl (C=O) groups excluding carboxylic acids is 1. The first-order valence-corrected chi connectivity index (χ1v) is 4.92. The van der Waals surface area contributed by atoms with Gasteiger partial charge in [-0.15, -0.1) is 6.42 Å². The second-order valence-electron chi connectivity index (χ2n) is 2.76. The van der Waals surface area contributed by atoms with E-state index in [9.17, 15) is 9.59 Å². The van der Waals surface area contributed by atoms with Crippen LogP contribution in [0.15, 0.2) is 11.1 Å². The number of hydrogen-bond donors (Lipinski definition) is 1. The number of rotatable bonds is 3. The van der Waals surface area contributed by atoms with Crippen molar-refractivity contribution >= 4 is 29.1 Å². The van der Waals surface area contributed by atoms with Crippen LogP contribution in [0.1, 0.15) is 0 Å². The van der Waals surface area contributed by atoms with Gasteiger partial charge in [0.1, 0.15) is 11.6 Å². The van der Waals surface area contributed by atoms with Crippen molar-refractivity contribution in [2.24, 2.45) is 0 Å². The molecule has 0 aliphatic carbocycles. The molecular weight excluding hydrogens is 253 g/mol. The van der Waals surface area contributed by atoms with Crippen LogP contribution in [0.4, 0.5) is 0 Å². The summed E-state index contributed by atoms with van der Waals surface area (Å²) in [5.41, 5.74) is -0.572. The van der Waals surface area contributed by atoms with Gasteiger partial charge in [-0.3, -0.25) is 14.2 Å². The maximum atomic E-state index is 11.5. The van der Waals surface area contributed by atoms with Crippen molar-refractivity contribution in [3.63, 3.8) is 0 Å². The van der Waals surface area contributed by atoms with Crippen LogP contribution in [0.2, 0.25) is 10.2 Å². The van der Waals surface area contributed by atoms with E-state index in [0.717, 1.165) is 10.9 Å². The Morgan fingerprint density at radius 3 is 2.94 bits per heavy atom. The lowest BCUT2D eigenvalue weighted by molar-refractivity contribution is -0.121. The summed E-state index contributed by atoms with van der Waals surface area (Å²) >= 11 is 11.1. The molecule has 1 aromatic rings. The lowest BCUT2D eigenvalue weighted by atomic mass is 10.5. The fraction of sp³-hybridized carbons (Fsp3) is 0.222. The molecule has 0 saturated heterocycles. The van der Waals surface area contributed by atoms with Gasteiger partial charge in [0.05, 0.1) is 12.9 Å². The molecule has 0 fully saturated rings. The molecule has 0 unspecified atom stereocenters. The molecule has 84 valence electrons. The molecule has 0 radical (unpaired) electrons. The summed E-state index contributed by atoms with van der Waals surface area (Å²) in [7, 11) is 0. The number of aromatic nitrogens is 2. The SMILES string of the molecule is C#CCNC(=O)Cn1cnc(Cl)c(Cl)c1=O. The van der Waals surface area contributed by atoms with Crippen LogP contribution in [0.3, 0.4) is 0 Å². The third-order valence-corrected chi connectivity index (χ3v) is 2.37. The summed E-state index contributed by atoms with van der Waals surface area (Å²) in [6, 6.07) is 0. The van der Waals surface area contributed by atoms with Crippen LogP contribution in [0.25, 0.3) is 0 Å². The summed E-state index contributed by atoms with van der Waals surface area (Å²) in [6.45, 7) is -0.104. The summed E-state index contributed by atoms with van der Waals surface area (Å²) in [5.74, 6) is 1.83. The third-order valence-electron chi connectivity index (χ3n) is 1.64. The molecule has 0 atom stereocenters. The van der Waals surface area contributed by atoms with Crippen LogP contribution in [0, 0.1) is 12.3 Å². The average molecular weight is 260 g/mol. The molecule has 0 saturated carbocycles. The maximum Gasteiger partial charge on any atom is 0.274 e. The van der Waals surface area contributed by atoms with Crippen LogP contribution >= 0.6 is 23.2 Å². The molecule has 0 bridgehead atoms. The zero-order valence-corrected chi connectivity index (χ0v) is 9.55. The second kappa shape index (κ2) is 5.54. The first-order chi connectivity index (χ1) is 7.56. The van der Waals surface area contributed by atoms with Gasteiger partial charge in [0.15, 0.2) is 5.15 Å². The third kappa shape index (κ3) is 2.99. The smallest absolute Gasteiger partial charge is 0.274 e. The molecule has 1 heterocycles. The van der Waals surface area contributed by atoms with E-state index in [4.69, 9.17) is 29.6 Å². The van der Waals surface area contributed by atoms with E-state index in [1.165, 1.54) is 0 Å². The van der Waals surface area contributed by atoms with E-state index in [0.29, 0.717) is 0 Å². The topological polar surface area (TPSA) is 64.0 Å². The molecule has 16 heavy (non-hydrogen) atoms. The standard InChI is InChI=1S/C9H7Cl2N3O2/c1-2-3-12-6(15)4-14-5-13-8(11)7(10)9(14)16/h1,5H,3-4H2,(H,12,15). The number of halogens is 2. The summed E-state index contributed by atoms with van der Waals surface area (Å²) < 4.78 is 1.04. The van der Waals surface area contributed by atoms with E-state index in [1.54, 1.807) is 0 Å². The maximum absolute atomic E-state index is 11.5. The quantitative estimate of drug-likeness (QED) is 0.628. The average Bonchev–Trinajstić information content (AvgIpc) is 2.27. The normalized spacial score (nSPS) is 9.56. The van der Waals surface area contributed by atoms with E-state index in [-0.39, 0.29) is 23.3 Å². The Bertz CT molecular complexity index is 504. The van der Waals surface area contributed by atoms with Crippen molar-refractivity contribution in [2.75, 3.05) is 6.54 Å². The highest BCUT2D eigenvalue weighted by atomic mass is 35.5. The molecule has 5 nitrogen and oxygen atoms in total. The fourth-order valence-electron chi connectivity index (χ4n) is 0.917. The first kappa shape index (κ1) is 12.6. The highest BCUT2D eigenvalue weighted by molar-refractivity contribution is 6.40. The van der Waals surface area contributed by atoms with Gasteiger partial charge in [0.25, 0.3) is 5.56 Å². The number of hydrogen-bond acceptors (Lipinski definition) is 3. The number of nitrogens with one attached hydrogen (secondary N) is 1. The van der Waals surface area contributed by atoms with Crippen molar-refractivity contribution in [2.45, 2.75) is 6.54 Å². The Labute approximate surface area is 101 Å². The highest BCUT2D eigenvalue weighted by Gasteiger charge is 2.09. The number of carbonyl (C=O) groups is 1. The summed E-state index contributed by atoms with van der Waals surface area (Å²) in [5, 5.41) is 2.10. The molecule has 7 heteroatoms. The van der Waals surface area contributed by atoms with Gasteiger partial charge in [-0.1, -0.05) is 29.1 Å². The van der Waals surface area contributed by atoms with Crippen molar-refractivity contribution in [1.29, 1.82) is 0 Å². The van der Waals surface area contributed by atoms with E-state index in [2.05, 4.69) is 16.2 Å². The zero-order chi connectivity index (χ0) is 12.1. The molecule has 0 aromatic carbocycles. The number of terminal acetylenes is 1. The van der Waals surface area contributed by atoms with E-state index < -0.39 is 11.5 Å². The van der Waals surface area contributed by atoms with Crippen molar-refractivity contribution in [1.82, 2.24) is 14.9 Å². The Hall–Kier alpha value is -1.51. The first-order valence-electron chi connectivity index (χ1n) is 4.17. The van der Waals surface area contributed by atoms with Gasteiger partial charge in [-0.05, 0) is 0 Å². The van der Waals surface area contributed by atoms with Gasteiger partial charge in [0.2, 0.25) is 5.91 Å². The van der Waals surface area contributed by atoms with Gasteiger partial charge in [0, 0.05) is 0 Å². The Morgan fingerprint density at radius 2 is 2.31 bits per heavy atom. The van der Waals surface area contributed by atoms with Crippen molar-refractivity contribution in [3.8, 4) is 12.3 Å². The highest BCUT2D eigenvalue weighted by Crippen LogP contribution is 2.12. The molecule has 1 N–H and O–H groups in total. The van der Waals surface area contributed by atoms with Gasteiger partial charge in [-0.25, -0.2) is 4.98 Å². The molecule has 0 aliphatic heterocycles. The van der Waals surface area contributed by atoms with E-state index >= 15 is 0 Å². The molecular formula is C9H7Cl2N3O2. The molecule has 1 rings (SSSR count). The Morgan fingerprint density at radius 1 is 1.62 bits per heavy atom. The lowest BCUT2D eigenvalue weighted by Crippen LogP contribution is -2.32. The second-order valence-corrected chi connectivity index (χ2v) is 3.50. The fourth-order valence-corrected chi connectivity index (χ4v) is 1.20. The molecule has 0 spiro atoms. The number of amides is 1. The minimum Gasteiger partial charge on any atom is -0.344 e. The van der Waals surface area contributed by atoms with Crippen LogP contribution in [-0.2, 0) is 11.3 Å². The largest absolute Gasteiger partial charge is 0.344 e. The van der Waals surface area contributed by atoms with Crippen LogP contribution < -0.4 is 10.9 Å². The number of nitrogens with zero attached hydrogens (tertiary/aromatic N) is 2. The minimum atomic E-state index is -0.572. The molecule has 0 aliphatic rings. The zero-order valence-electron chi connectivity index (χ0n) is 8.04. The summed E-state index contributed by atoms with van der Waals surface area (Å²) in [4.78, 5) is 26.4. The lowest BCUT2D eigenvalue weighted by Gasteiger charge is -2.05. The van der Waals surface area contributed by atoms with Crippen molar-refractivity contribution < 1.29 is 4.79 Å². The predicted molar refractivity (Wildman–Crippen MR) is 60.4 cm³/mol. The van der Waals surface area contributed by atoms with Crippen LogP contribution in [0.5, 0.6) is 0 Å². The monoisotopic (exact) mass is 259 g/mol. The van der Waals surface area contributed by atoms with Gasteiger partial charge in [-0.2, -0.15) is 0 Å².